The number of aromatic amines is 2. The van der Waals surface area contributed by atoms with Crippen molar-refractivity contribution in [3.8, 4) is 11.4 Å². The number of methoxy groups -OCH3 is 1. The van der Waals surface area contributed by atoms with Gasteiger partial charge in [-0.1, -0.05) is 30.3 Å². The number of hydrogen-bond acceptors (Lipinski definition) is 4. The fourth-order valence-electron chi connectivity index (χ4n) is 5.04. The first-order valence-corrected chi connectivity index (χ1v) is 12.6. The fraction of sp³-hybridized carbons (Fsp3) is 0.100. The molecule has 0 fully saturated rings. The molecule has 3 aromatic carbocycles. The van der Waals surface area contributed by atoms with E-state index in [2.05, 4.69) is 10.1 Å². The van der Waals surface area contributed by atoms with Gasteiger partial charge in [-0.25, -0.2) is 9.07 Å². The highest BCUT2D eigenvalue weighted by molar-refractivity contribution is 6.49. The number of carbonyl (C=O) groups excluding carboxylic acids is 2. The number of fused-ring (bicyclic) bond motifs is 1. The molecule has 3 heterocycles. The first-order chi connectivity index (χ1) is 20.1. The lowest BCUT2D eigenvalue weighted by molar-refractivity contribution is -0.141. The van der Waals surface area contributed by atoms with Crippen LogP contribution in [0, 0.1) is 5.82 Å². The van der Waals surface area contributed by atoms with E-state index in [4.69, 9.17) is 4.74 Å². The number of rotatable bonds is 6. The topological polar surface area (TPSA) is 100 Å². The van der Waals surface area contributed by atoms with Gasteiger partial charge < -0.3 is 9.72 Å². The quantitative estimate of drug-likeness (QED) is 0.212. The number of aromatic nitrogens is 3. The van der Waals surface area contributed by atoms with Crippen LogP contribution in [0.2, 0.25) is 0 Å². The second kappa shape index (κ2) is 9.91. The average molecular weight is 577 g/mol. The molecule has 2 N–H and O–H groups in total. The van der Waals surface area contributed by atoms with E-state index >= 15 is 0 Å². The van der Waals surface area contributed by atoms with Crippen molar-refractivity contribution in [2.75, 3.05) is 7.11 Å². The van der Waals surface area contributed by atoms with Crippen LogP contribution < -0.4 is 10.3 Å². The number of ether oxygens (including phenoxy) is 1. The molecular formula is C30H20F4N4O4. The lowest BCUT2D eigenvalue weighted by atomic mass is 9.95. The second-order valence-electron chi connectivity index (χ2n) is 9.52. The maximum absolute atomic E-state index is 14.5. The van der Waals surface area contributed by atoms with Crippen molar-refractivity contribution in [2.45, 2.75) is 12.7 Å². The second-order valence-corrected chi connectivity index (χ2v) is 9.52. The number of para-hydroxylation sites is 1. The third-order valence-electron chi connectivity index (χ3n) is 7.02. The van der Waals surface area contributed by atoms with Crippen LogP contribution >= 0.6 is 0 Å². The molecule has 6 rings (SSSR count). The van der Waals surface area contributed by atoms with Crippen molar-refractivity contribution in [1.82, 2.24) is 19.7 Å². The molecule has 0 aliphatic carbocycles. The standard InChI is InChI=1S/C30H20F4N4O4/c1-42-19-11-12-22-20(13-19)21(14-35-22)23-24(28(40)37(27(23)39)15-16-7-9-17(31)10-8-16)25-26(30(32,33)34)36-38(29(25)41)18-5-3-2-4-6-18/h2-14,35-36H,15H2,1H3. The van der Waals surface area contributed by atoms with Crippen LogP contribution in [0.25, 0.3) is 27.7 Å². The van der Waals surface area contributed by atoms with Crippen LogP contribution in [0.15, 0.2) is 83.8 Å². The zero-order chi connectivity index (χ0) is 29.8. The summed E-state index contributed by atoms with van der Waals surface area (Å²) >= 11 is 0. The third kappa shape index (κ3) is 4.37. The molecule has 8 nitrogen and oxygen atoms in total. The van der Waals surface area contributed by atoms with Crippen molar-refractivity contribution < 1.29 is 31.9 Å². The summed E-state index contributed by atoms with van der Waals surface area (Å²) in [7, 11) is 1.42. The number of carbonyl (C=O) groups is 2. The summed E-state index contributed by atoms with van der Waals surface area (Å²) in [6.45, 7) is -0.366. The van der Waals surface area contributed by atoms with Gasteiger partial charge in [0.15, 0.2) is 5.69 Å². The molecule has 1 aliphatic heterocycles. The molecule has 0 spiro atoms. The summed E-state index contributed by atoms with van der Waals surface area (Å²) in [5.74, 6) is -2.16. The maximum atomic E-state index is 14.5. The van der Waals surface area contributed by atoms with Crippen LogP contribution in [-0.2, 0) is 22.3 Å². The van der Waals surface area contributed by atoms with Gasteiger partial charge in [-0.2, -0.15) is 13.2 Å². The molecule has 12 heteroatoms. The van der Waals surface area contributed by atoms with Gasteiger partial charge in [0, 0.05) is 22.7 Å². The summed E-state index contributed by atoms with van der Waals surface area (Å²) in [5.41, 5.74) is -3.64. The first-order valence-electron chi connectivity index (χ1n) is 12.6. The molecule has 2 amide bonds. The highest BCUT2D eigenvalue weighted by atomic mass is 19.4. The van der Waals surface area contributed by atoms with E-state index in [0.717, 1.165) is 17.0 Å². The van der Waals surface area contributed by atoms with Gasteiger partial charge in [0.25, 0.3) is 17.4 Å². The molecule has 42 heavy (non-hydrogen) atoms. The number of imide groups is 1. The monoisotopic (exact) mass is 576 g/mol. The van der Waals surface area contributed by atoms with Crippen LogP contribution in [-0.4, -0.2) is 38.6 Å². The van der Waals surface area contributed by atoms with E-state index in [1.165, 1.54) is 49.7 Å². The Morgan fingerprint density at radius 1 is 0.881 bits per heavy atom. The number of nitrogens with zero attached hydrogens (tertiary/aromatic N) is 2. The minimum Gasteiger partial charge on any atom is -0.497 e. The molecule has 0 atom stereocenters. The van der Waals surface area contributed by atoms with Gasteiger partial charge in [-0.15, -0.1) is 0 Å². The highest BCUT2D eigenvalue weighted by Crippen LogP contribution is 2.42. The smallest absolute Gasteiger partial charge is 0.433 e. The minimum atomic E-state index is -5.09. The molecular weight excluding hydrogens is 556 g/mol. The van der Waals surface area contributed by atoms with Crippen LogP contribution in [0.4, 0.5) is 17.6 Å². The Morgan fingerprint density at radius 2 is 1.57 bits per heavy atom. The first kappa shape index (κ1) is 26.8. The van der Waals surface area contributed by atoms with E-state index in [1.54, 1.807) is 24.3 Å². The zero-order valence-corrected chi connectivity index (χ0v) is 21.8. The van der Waals surface area contributed by atoms with Gasteiger partial charge in [0.05, 0.1) is 36.1 Å². The largest absolute Gasteiger partial charge is 0.497 e. The molecule has 0 bridgehead atoms. The Kier molecular flexibility index (Phi) is 6.33. The third-order valence-corrected chi connectivity index (χ3v) is 7.02. The van der Waals surface area contributed by atoms with E-state index in [9.17, 15) is 31.9 Å². The van der Waals surface area contributed by atoms with Gasteiger partial charge in [-0.3, -0.25) is 24.4 Å². The van der Waals surface area contributed by atoms with Crippen molar-refractivity contribution in [2.24, 2.45) is 0 Å². The van der Waals surface area contributed by atoms with Gasteiger partial charge in [0.2, 0.25) is 0 Å². The molecule has 0 radical (unpaired) electrons. The number of alkyl halides is 3. The van der Waals surface area contributed by atoms with Crippen LogP contribution in [0.5, 0.6) is 5.75 Å². The minimum absolute atomic E-state index is 0.0955. The lowest BCUT2D eigenvalue weighted by Gasteiger charge is -2.15. The van der Waals surface area contributed by atoms with Crippen molar-refractivity contribution in [1.29, 1.82) is 0 Å². The number of halogens is 4. The molecule has 0 saturated carbocycles. The number of benzene rings is 3. The molecule has 212 valence electrons. The Balaban J connectivity index is 1.63. The number of hydrogen-bond donors (Lipinski definition) is 2. The van der Waals surface area contributed by atoms with E-state index in [-0.39, 0.29) is 23.4 Å². The van der Waals surface area contributed by atoms with Crippen molar-refractivity contribution >= 4 is 33.9 Å². The summed E-state index contributed by atoms with van der Waals surface area (Å²) in [6.07, 6.45) is -3.70. The predicted molar refractivity (Wildman–Crippen MR) is 145 cm³/mol. The Morgan fingerprint density at radius 3 is 2.24 bits per heavy atom. The van der Waals surface area contributed by atoms with E-state index in [1.807, 2.05) is 0 Å². The average Bonchev–Trinajstić information content (AvgIpc) is 3.62. The Hall–Kier alpha value is -5.39. The van der Waals surface area contributed by atoms with Gasteiger partial charge in [-0.05, 0) is 48.0 Å². The fourth-order valence-corrected chi connectivity index (χ4v) is 5.04. The van der Waals surface area contributed by atoms with Crippen LogP contribution in [0.3, 0.4) is 0 Å². The summed E-state index contributed by atoms with van der Waals surface area (Å²) in [4.78, 5) is 45.3. The Labute approximate surface area is 234 Å². The van der Waals surface area contributed by atoms with Gasteiger partial charge in [0.1, 0.15) is 11.6 Å². The predicted octanol–water partition coefficient (Wildman–Crippen LogP) is 5.29. The summed E-state index contributed by atoms with van der Waals surface area (Å²) < 4.78 is 62.9. The van der Waals surface area contributed by atoms with E-state index < -0.39 is 46.2 Å². The van der Waals surface area contributed by atoms with Crippen molar-refractivity contribution in [3.05, 3.63) is 118 Å². The zero-order valence-electron chi connectivity index (χ0n) is 21.8. The highest BCUT2D eigenvalue weighted by Gasteiger charge is 2.47. The molecule has 2 aromatic heterocycles. The summed E-state index contributed by atoms with van der Waals surface area (Å²) in [5, 5.41) is 2.49. The molecule has 5 aromatic rings. The molecule has 1 aliphatic rings. The lowest BCUT2D eigenvalue weighted by Crippen LogP contribution is -2.31. The molecule has 0 saturated heterocycles. The van der Waals surface area contributed by atoms with Gasteiger partial charge >= 0.3 is 6.18 Å². The number of H-pyrrole nitrogens is 2. The number of nitrogens with one attached hydrogen (secondary N) is 2. The molecule has 0 unspecified atom stereocenters. The normalized spacial score (nSPS) is 14.0. The van der Waals surface area contributed by atoms with Crippen molar-refractivity contribution in [3.63, 3.8) is 0 Å². The maximum Gasteiger partial charge on any atom is 0.433 e. The van der Waals surface area contributed by atoms with E-state index in [0.29, 0.717) is 26.9 Å². The number of amides is 2. The Bertz CT molecular complexity index is 1950. The summed E-state index contributed by atoms with van der Waals surface area (Å²) in [6, 6.07) is 17.4. The van der Waals surface area contributed by atoms with Crippen LogP contribution in [0.1, 0.15) is 22.4 Å². The SMILES string of the molecule is COc1ccc2[nH]cc(C3=C(c4c(C(F)(F)F)[nH]n(-c5ccccc5)c4=O)C(=O)N(Cc4ccc(F)cc4)C3=O)c2c1.